The number of imidazole rings is 1. The number of amides is 1. The first kappa shape index (κ1) is 21.1. The molecule has 1 amide bonds. The molecule has 3 heterocycles. The number of hydrogen-bond acceptors (Lipinski definition) is 4. The Balaban J connectivity index is 1.41. The molecular formula is C23H25IN4O2S. The molecule has 5 rings (SSSR count). The number of carbonyl (C=O) groups is 1. The fourth-order valence-corrected chi connectivity index (χ4v) is 5.75. The van der Waals surface area contributed by atoms with Crippen molar-refractivity contribution in [1.29, 1.82) is 0 Å². The van der Waals surface area contributed by atoms with E-state index in [-0.39, 0.29) is 11.8 Å². The van der Waals surface area contributed by atoms with E-state index in [2.05, 4.69) is 68.6 Å². The Hall–Kier alpha value is -1.78. The van der Waals surface area contributed by atoms with Crippen LogP contribution in [0.4, 0.5) is 5.82 Å². The van der Waals surface area contributed by atoms with Gasteiger partial charge < -0.3 is 0 Å². The van der Waals surface area contributed by atoms with Crippen molar-refractivity contribution in [3.05, 3.63) is 53.7 Å². The van der Waals surface area contributed by atoms with Crippen LogP contribution in [0, 0.1) is 12.8 Å². The normalized spacial score (nSPS) is 17.9. The lowest BCUT2D eigenvalue weighted by molar-refractivity contribution is -0.118. The van der Waals surface area contributed by atoms with Gasteiger partial charge in [0.05, 0.1) is 34.8 Å². The van der Waals surface area contributed by atoms with Crippen molar-refractivity contribution in [2.75, 3.05) is 27.7 Å². The summed E-state index contributed by atoms with van der Waals surface area (Å²) < 4.78 is 15.3. The van der Waals surface area contributed by atoms with Crippen LogP contribution in [0.1, 0.15) is 24.0 Å². The molecular weight excluding hydrogens is 523 g/mol. The summed E-state index contributed by atoms with van der Waals surface area (Å²) in [5.41, 5.74) is 5.40. The topological polar surface area (TPSA) is 57.9 Å². The van der Waals surface area contributed by atoms with Gasteiger partial charge >= 0.3 is 0 Å². The lowest BCUT2D eigenvalue weighted by atomic mass is 10.1. The third-order valence-electron chi connectivity index (χ3n) is 6.04. The van der Waals surface area contributed by atoms with E-state index in [1.54, 1.807) is 3.11 Å². The van der Waals surface area contributed by atoms with Gasteiger partial charge in [-0.05, 0) is 42.5 Å². The zero-order chi connectivity index (χ0) is 21.5. The summed E-state index contributed by atoms with van der Waals surface area (Å²) in [7, 11) is -0.642. The van der Waals surface area contributed by atoms with Gasteiger partial charge in [0.2, 0.25) is 5.91 Å². The third-order valence-corrected chi connectivity index (χ3v) is 8.29. The Kier molecular flexibility index (Phi) is 5.87. The Bertz CT molecular complexity index is 1150. The number of fused-ring (bicyclic) bond motifs is 1. The van der Waals surface area contributed by atoms with Crippen molar-refractivity contribution in [2.45, 2.75) is 26.3 Å². The van der Waals surface area contributed by atoms with E-state index in [4.69, 9.17) is 4.98 Å². The summed E-state index contributed by atoms with van der Waals surface area (Å²) in [6.45, 7) is 4.74. The highest BCUT2D eigenvalue weighted by Crippen LogP contribution is 2.35. The Morgan fingerprint density at radius 3 is 2.55 bits per heavy atom. The minimum Gasteiger partial charge on any atom is -0.297 e. The van der Waals surface area contributed by atoms with Crippen LogP contribution >= 0.6 is 22.9 Å². The van der Waals surface area contributed by atoms with Crippen LogP contribution in [0.3, 0.4) is 0 Å². The molecule has 6 nitrogen and oxygen atoms in total. The highest BCUT2D eigenvalue weighted by molar-refractivity contribution is 14.1. The van der Waals surface area contributed by atoms with Gasteiger partial charge in [0.1, 0.15) is 5.65 Å². The molecule has 162 valence electrons. The van der Waals surface area contributed by atoms with Gasteiger partial charge in [0.15, 0.2) is 5.82 Å². The second-order valence-electron chi connectivity index (χ2n) is 8.41. The molecule has 0 N–H and O–H groups in total. The predicted octanol–water partition coefficient (Wildman–Crippen LogP) is 3.97. The maximum absolute atomic E-state index is 12.5. The molecule has 0 bridgehead atoms. The summed E-state index contributed by atoms with van der Waals surface area (Å²) in [5.74, 6) is 2.55. The monoisotopic (exact) mass is 548 g/mol. The SMILES string of the molecule is Cc1ccc(-c2ccc(CN3CCS(=O)CC3)cc2)n2cc(N(I)C(=O)C3CC3)nc12. The van der Waals surface area contributed by atoms with Crippen LogP contribution in [-0.2, 0) is 22.1 Å². The lowest BCUT2D eigenvalue weighted by Crippen LogP contribution is -2.37. The fourth-order valence-electron chi connectivity index (χ4n) is 3.99. The average Bonchev–Trinajstić information content (AvgIpc) is 3.53. The molecule has 0 atom stereocenters. The van der Waals surface area contributed by atoms with Gasteiger partial charge in [-0.2, -0.15) is 0 Å². The summed E-state index contributed by atoms with van der Waals surface area (Å²) >= 11 is 2.08. The maximum Gasteiger partial charge on any atom is 0.240 e. The van der Waals surface area contributed by atoms with Crippen molar-refractivity contribution in [2.24, 2.45) is 5.92 Å². The number of hydrogen-bond donors (Lipinski definition) is 0. The van der Waals surface area contributed by atoms with Gasteiger partial charge in [0.25, 0.3) is 0 Å². The standard InChI is InChI=1S/C23H25IN4O2S/c1-16-2-9-20(27-15-21(25-22(16)27)28(24)23(29)19-7-8-19)18-5-3-17(4-6-18)14-26-10-12-31(30)13-11-26/h2-6,9,15,19H,7-8,10-14H2,1H3. The van der Waals surface area contributed by atoms with E-state index in [1.807, 2.05) is 13.1 Å². The van der Waals surface area contributed by atoms with Crippen LogP contribution in [0.25, 0.3) is 16.9 Å². The third kappa shape index (κ3) is 4.42. The highest BCUT2D eigenvalue weighted by atomic mass is 127. The molecule has 1 aliphatic heterocycles. The molecule has 0 unspecified atom stereocenters. The maximum atomic E-state index is 12.5. The number of benzene rings is 1. The van der Waals surface area contributed by atoms with Crippen LogP contribution < -0.4 is 3.11 Å². The minimum atomic E-state index is -0.642. The van der Waals surface area contributed by atoms with E-state index in [9.17, 15) is 9.00 Å². The molecule has 1 aliphatic carbocycles. The first-order chi connectivity index (χ1) is 15.0. The van der Waals surface area contributed by atoms with E-state index in [0.717, 1.165) is 66.4 Å². The first-order valence-electron chi connectivity index (χ1n) is 10.6. The largest absolute Gasteiger partial charge is 0.297 e. The van der Waals surface area contributed by atoms with Crippen molar-refractivity contribution in [3.63, 3.8) is 0 Å². The second kappa shape index (κ2) is 8.63. The molecule has 31 heavy (non-hydrogen) atoms. The number of pyridine rings is 1. The number of halogens is 1. The number of anilines is 1. The van der Waals surface area contributed by atoms with Crippen molar-refractivity contribution >= 4 is 51.0 Å². The molecule has 1 saturated heterocycles. The Morgan fingerprint density at radius 1 is 1.16 bits per heavy atom. The van der Waals surface area contributed by atoms with Gasteiger partial charge in [-0.25, -0.2) is 8.10 Å². The summed E-state index contributed by atoms with van der Waals surface area (Å²) in [4.78, 5) is 19.6. The number of aromatic nitrogens is 2. The number of rotatable bonds is 5. The molecule has 1 aromatic carbocycles. The number of nitrogens with zero attached hydrogens (tertiary/aromatic N) is 4. The quantitative estimate of drug-likeness (QED) is 0.358. The number of carbonyl (C=O) groups excluding carboxylic acids is 1. The molecule has 1 saturated carbocycles. The van der Waals surface area contributed by atoms with Crippen molar-refractivity contribution in [3.8, 4) is 11.3 Å². The molecule has 2 aliphatic rings. The van der Waals surface area contributed by atoms with Gasteiger partial charge in [-0.1, -0.05) is 30.3 Å². The Labute approximate surface area is 198 Å². The smallest absolute Gasteiger partial charge is 0.240 e. The van der Waals surface area contributed by atoms with Crippen LogP contribution in [-0.4, -0.2) is 49.0 Å². The lowest BCUT2D eigenvalue weighted by Gasteiger charge is -2.26. The molecule has 2 aromatic heterocycles. The number of aryl methyl sites for hydroxylation is 1. The minimum absolute atomic E-state index is 0.147. The van der Waals surface area contributed by atoms with E-state index in [1.165, 1.54) is 5.56 Å². The van der Waals surface area contributed by atoms with Crippen LogP contribution in [0.2, 0.25) is 0 Å². The van der Waals surface area contributed by atoms with E-state index in [0.29, 0.717) is 5.82 Å². The molecule has 2 fully saturated rings. The summed E-state index contributed by atoms with van der Waals surface area (Å²) in [6.07, 6.45) is 3.93. The van der Waals surface area contributed by atoms with Crippen LogP contribution in [0.5, 0.6) is 0 Å². The average molecular weight is 548 g/mol. The zero-order valence-corrected chi connectivity index (χ0v) is 20.4. The first-order valence-corrected chi connectivity index (χ1v) is 13.1. The molecule has 8 heteroatoms. The highest BCUT2D eigenvalue weighted by Gasteiger charge is 2.34. The van der Waals surface area contributed by atoms with E-state index < -0.39 is 10.8 Å². The molecule has 3 aromatic rings. The van der Waals surface area contributed by atoms with Gasteiger partial charge in [-0.15, -0.1) is 0 Å². The van der Waals surface area contributed by atoms with Gasteiger partial charge in [0, 0.05) is 47.9 Å². The van der Waals surface area contributed by atoms with Gasteiger partial charge in [-0.3, -0.25) is 18.3 Å². The molecule has 0 radical (unpaired) electrons. The van der Waals surface area contributed by atoms with Crippen molar-refractivity contribution < 1.29 is 9.00 Å². The second-order valence-corrected chi connectivity index (χ2v) is 11.1. The zero-order valence-electron chi connectivity index (χ0n) is 17.5. The van der Waals surface area contributed by atoms with E-state index >= 15 is 0 Å². The summed E-state index contributed by atoms with van der Waals surface area (Å²) in [5, 5.41) is 0. The van der Waals surface area contributed by atoms with Crippen molar-refractivity contribution in [1.82, 2.24) is 14.3 Å². The predicted molar refractivity (Wildman–Crippen MR) is 133 cm³/mol. The van der Waals surface area contributed by atoms with Crippen LogP contribution in [0.15, 0.2) is 42.6 Å². The Morgan fingerprint density at radius 2 is 1.87 bits per heavy atom. The fraction of sp³-hybridized carbons (Fsp3) is 0.391. The molecule has 0 spiro atoms. The summed E-state index contributed by atoms with van der Waals surface area (Å²) in [6, 6.07) is 12.8.